The molecule has 1 N–H and O–H groups in total. The Bertz CT molecular complexity index is 352. The van der Waals surface area contributed by atoms with Crippen LogP contribution in [0.4, 0.5) is 0 Å². The Balaban J connectivity index is 2.07. The van der Waals surface area contributed by atoms with Crippen molar-refractivity contribution in [1.29, 1.82) is 0 Å². The third kappa shape index (κ3) is 2.12. The Morgan fingerprint density at radius 3 is 2.81 bits per heavy atom. The van der Waals surface area contributed by atoms with Crippen LogP contribution in [-0.4, -0.2) is 56.8 Å². The monoisotopic (exact) mass is 224 g/mol. The van der Waals surface area contributed by atoms with Crippen molar-refractivity contribution in [2.24, 2.45) is 0 Å². The summed E-state index contributed by atoms with van der Waals surface area (Å²) in [4.78, 5) is 13.6. The van der Waals surface area contributed by atoms with Crippen LogP contribution in [0.2, 0.25) is 0 Å². The maximum Gasteiger partial charge on any atom is 0.175 e. The lowest BCUT2D eigenvalue weighted by atomic mass is 9.95. The van der Waals surface area contributed by atoms with Gasteiger partial charge in [-0.1, -0.05) is 0 Å². The molecule has 2 atom stereocenters. The topological polar surface area (TPSA) is 71.2 Å². The highest BCUT2D eigenvalue weighted by atomic mass is 16.3. The first-order chi connectivity index (χ1) is 7.72. The van der Waals surface area contributed by atoms with Crippen LogP contribution in [0.1, 0.15) is 18.9 Å². The van der Waals surface area contributed by atoms with E-state index in [1.807, 2.05) is 16.5 Å². The van der Waals surface area contributed by atoms with Crippen molar-refractivity contribution in [3.8, 4) is 0 Å². The summed E-state index contributed by atoms with van der Waals surface area (Å²) in [6, 6.07) is 0.0675. The van der Waals surface area contributed by atoms with Crippen molar-refractivity contribution in [2.45, 2.75) is 24.9 Å². The number of piperidine rings is 1. The van der Waals surface area contributed by atoms with Crippen LogP contribution in [0.5, 0.6) is 0 Å². The van der Waals surface area contributed by atoms with Gasteiger partial charge in [0.05, 0.1) is 6.04 Å². The van der Waals surface area contributed by atoms with E-state index in [4.69, 9.17) is 5.11 Å². The number of carbonyl (C=O) groups excluding carboxylic acids is 1. The minimum absolute atomic E-state index is 0.111. The lowest BCUT2D eigenvalue weighted by Crippen LogP contribution is -2.46. The molecular weight excluding hydrogens is 208 g/mol. The number of hydrogen-bond acceptors (Lipinski definition) is 5. The maximum atomic E-state index is 11.6. The molecule has 88 valence electrons. The average molecular weight is 224 g/mol. The molecule has 0 spiro atoms. The normalized spacial score (nSPS) is 26.9. The lowest BCUT2D eigenvalue weighted by Gasteiger charge is -2.36. The number of carbonyl (C=O) groups is 1. The molecule has 0 aromatic carbocycles. The minimum Gasteiger partial charge on any atom is -0.389 e. The van der Waals surface area contributed by atoms with E-state index < -0.39 is 0 Å². The Morgan fingerprint density at radius 2 is 2.19 bits per heavy atom. The van der Waals surface area contributed by atoms with Gasteiger partial charge in [0, 0.05) is 12.6 Å². The zero-order valence-electron chi connectivity index (χ0n) is 9.28. The molecule has 0 radical (unpaired) electrons. The molecule has 1 saturated heterocycles. The van der Waals surface area contributed by atoms with E-state index in [0.717, 1.165) is 13.0 Å². The van der Waals surface area contributed by atoms with Gasteiger partial charge in [-0.3, -0.25) is 9.69 Å². The van der Waals surface area contributed by atoms with Crippen molar-refractivity contribution in [1.82, 2.24) is 19.7 Å². The van der Waals surface area contributed by atoms with Gasteiger partial charge in [0.1, 0.15) is 19.3 Å². The highest BCUT2D eigenvalue weighted by Crippen LogP contribution is 2.25. The molecule has 0 amide bonds. The number of rotatable bonds is 3. The van der Waals surface area contributed by atoms with Crippen molar-refractivity contribution in [2.75, 3.05) is 20.2 Å². The summed E-state index contributed by atoms with van der Waals surface area (Å²) >= 11 is 0. The molecule has 6 heteroatoms. The number of ketones is 1. The number of likely N-dealkylation sites (N-methyl/N-ethyl adjacent to an activating group) is 1. The molecule has 1 aliphatic rings. The standard InChI is InChI=1S/C10H16N4O2/c1-13-3-2-8(14-6-11-12-7-14)4-9(13)10(16)5-15/h6-9,15H,2-5H2,1H3. The van der Waals surface area contributed by atoms with Gasteiger partial charge in [0.15, 0.2) is 5.78 Å². The molecule has 1 aromatic rings. The fourth-order valence-electron chi connectivity index (χ4n) is 2.21. The van der Waals surface area contributed by atoms with Crippen LogP contribution in [0.15, 0.2) is 12.7 Å². The average Bonchev–Trinajstić information content (AvgIpc) is 2.82. The second-order valence-electron chi connectivity index (χ2n) is 4.21. The molecule has 1 aromatic heterocycles. The van der Waals surface area contributed by atoms with Crippen LogP contribution in [0.25, 0.3) is 0 Å². The number of nitrogens with zero attached hydrogens (tertiary/aromatic N) is 4. The van der Waals surface area contributed by atoms with Gasteiger partial charge >= 0.3 is 0 Å². The van der Waals surface area contributed by atoms with Crippen molar-refractivity contribution < 1.29 is 9.90 Å². The number of Topliss-reactive ketones (excluding diaryl/α,β-unsaturated/α-hetero) is 1. The van der Waals surface area contributed by atoms with Crippen LogP contribution in [0.3, 0.4) is 0 Å². The van der Waals surface area contributed by atoms with Gasteiger partial charge < -0.3 is 9.67 Å². The molecule has 0 saturated carbocycles. The van der Waals surface area contributed by atoms with E-state index in [2.05, 4.69) is 10.2 Å². The second kappa shape index (κ2) is 4.71. The number of aliphatic hydroxyl groups is 1. The van der Waals surface area contributed by atoms with Crippen LogP contribution < -0.4 is 0 Å². The van der Waals surface area contributed by atoms with Crippen LogP contribution in [-0.2, 0) is 4.79 Å². The Hall–Kier alpha value is -1.27. The van der Waals surface area contributed by atoms with Gasteiger partial charge in [-0.2, -0.15) is 0 Å². The third-order valence-corrected chi connectivity index (χ3v) is 3.23. The fourth-order valence-corrected chi connectivity index (χ4v) is 2.21. The molecular formula is C10H16N4O2. The number of aliphatic hydroxyl groups excluding tert-OH is 1. The second-order valence-corrected chi connectivity index (χ2v) is 4.21. The molecule has 2 unspecified atom stereocenters. The summed E-state index contributed by atoms with van der Waals surface area (Å²) in [5.41, 5.74) is 0. The SMILES string of the molecule is CN1CCC(n2cnnc2)CC1C(=O)CO. The first-order valence-corrected chi connectivity index (χ1v) is 5.40. The van der Waals surface area contributed by atoms with E-state index >= 15 is 0 Å². The lowest BCUT2D eigenvalue weighted by molar-refractivity contribution is -0.128. The summed E-state index contributed by atoms with van der Waals surface area (Å²) < 4.78 is 1.94. The molecule has 1 fully saturated rings. The minimum atomic E-state index is -0.385. The van der Waals surface area contributed by atoms with E-state index in [9.17, 15) is 4.79 Å². The molecule has 6 nitrogen and oxygen atoms in total. The van der Waals surface area contributed by atoms with Crippen LogP contribution in [0, 0.1) is 0 Å². The molecule has 0 aliphatic carbocycles. The first kappa shape index (κ1) is 11.2. The van der Waals surface area contributed by atoms with Gasteiger partial charge in [0.25, 0.3) is 0 Å². The first-order valence-electron chi connectivity index (χ1n) is 5.40. The summed E-state index contributed by atoms with van der Waals surface area (Å²) in [6.45, 7) is 0.461. The number of hydrogen-bond donors (Lipinski definition) is 1. The van der Waals surface area contributed by atoms with Crippen molar-refractivity contribution >= 4 is 5.78 Å². The zero-order valence-corrected chi connectivity index (χ0v) is 9.28. The Morgan fingerprint density at radius 1 is 1.50 bits per heavy atom. The van der Waals surface area contributed by atoms with E-state index in [0.29, 0.717) is 6.42 Å². The Kier molecular flexibility index (Phi) is 3.31. The predicted octanol–water partition coefficient (Wildman–Crippen LogP) is -0.525. The van der Waals surface area contributed by atoms with Gasteiger partial charge in [-0.25, -0.2) is 0 Å². The Labute approximate surface area is 93.9 Å². The quantitative estimate of drug-likeness (QED) is 0.747. The van der Waals surface area contributed by atoms with E-state index in [1.165, 1.54) is 0 Å². The van der Waals surface area contributed by atoms with Gasteiger partial charge in [-0.15, -0.1) is 10.2 Å². The highest BCUT2D eigenvalue weighted by Gasteiger charge is 2.31. The van der Waals surface area contributed by atoms with E-state index in [-0.39, 0.29) is 24.5 Å². The highest BCUT2D eigenvalue weighted by molar-refractivity contribution is 5.85. The molecule has 1 aliphatic heterocycles. The van der Waals surface area contributed by atoms with Crippen molar-refractivity contribution in [3.63, 3.8) is 0 Å². The van der Waals surface area contributed by atoms with Gasteiger partial charge in [0.2, 0.25) is 0 Å². The molecule has 0 bridgehead atoms. The maximum absolute atomic E-state index is 11.6. The van der Waals surface area contributed by atoms with E-state index in [1.54, 1.807) is 12.7 Å². The summed E-state index contributed by atoms with van der Waals surface area (Å²) in [5.74, 6) is -0.111. The smallest absolute Gasteiger partial charge is 0.175 e. The molecule has 16 heavy (non-hydrogen) atoms. The fraction of sp³-hybridized carbons (Fsp3) is 0.700. The summed E-state index contributed by atoms with van der Waals surface area (Å²) in [5, 5.41) is 16.5. The zero-order chi connectivity index (χ0) is 11.5. The summed E-state index contributed by atoms with van der Waals surface area (Å²) in [7, 11) is 1.92. The van der Waals surface area contributed by atoms with Crippen molar-refractivity contribution in [3.05, 3.63) is 12.7 Å². The number of aromatic nitrogens is 3. The molecule has 2 heterocycles. The van der Waals surface area contributed by atoms with Crippen LogP contribution >= 0.6 is 0 Å². The third-order valence-electron chi connectivity index (χ3n) is 3.23. The largest absolute Gasteiger partial charge is 0.389 e. The van der Waals surface area contributed by atoms with Gasteiger partial charge in [-0.05, 0) is 19.9 Å². The summed E-state index contributed by atoms with van der Waals surface area (Å²) in [6.07, 6.45) is 5.05. The number of likely N-dealkylation sites (tertiary alicyclic amines) is 1. The molecule has 2 rings (SSSR count). The predicted molar refractivity (Wildman–Crippen MR) is 56.8 cm³/mol.